The Morgan fingerprint density at radius 2 is 2.00 bits per heavy atom. The van der Waals surface area contributed by atoms with Gasteiger partial charge >= 0.3 is 5.97 Å². The lowest BCUT2D eigenvalue weighted by Gasteiger charge is -2.44. The van der Waals surface area contributed by atoms with Gasteiger partial charge in [0.2, 0.25) is 5.79 Å². The van der Waals surface area contributed by atoms with Gasteiger partial charge in [0.05, 0.1) is 49.1 Å². The second-order valence-corrected chi connectivity index (χ2v) is 13.0. The van der Waals surface area contributed by atoms with E-state index >= 15 is 4.39 Å². The van der Waals surface area contributed by atoms with E-state index in [9.17, 15) is 10.1 Å². The van der Waals surface area contributed by atoms with E-state index in [1.165, 1.54) is 17.4 Å². The van der Waals surface area contributed by atoms with Crippen LogP contribution in [0.2, 0.25) is 0 Å². The summed E-state index contributed by atoms with van der Waals surface area (Å²) in [6, 6.07) is 16.0. The number of aromatic nitrogens is 2. The highest BCUT2D eigenvalue weighted by atomic mass is 32.1. The molecule has 3 atom stereocenters. The monoisotopic (exact) mass is 630 g/mol. The molecule has 2 aromatic heterocycles. The molecule has 234 valence electrons. The highest BCUT2D eigenvalue weighted by Gasteiger charge is 2.44. The Bertz CT molecular complexity index is 1770. The Hall–Kier alpha value is -3.82. The molecule has 0 bridgehead atoms. The molecule has 1 unspecified atom stereocenters. The molecule has 0 radical (unpaired) electrons. The van der Waals surface area contributed by atoms with Gasteiger partial charge in [-0.1, -0.05) is 18.2 Å². The molecule has 9 nitrogen and oxygen atoms in total. The van der Waals surface area contributed by atoms with Crippen LogP contribution in [0.1, 0.15) is 71.4 Å². The smallest absolute Gasteiger partial charge is 0.348 e. The molecule has 0 aliphatic carbocycles. The van der Waals surface area contributed by atoms with Crippen LogP contribution < -0.4 is 4.74 Å². The second kappa shape index (κ2) is 12.2. The van der Waals surface area contributed by atoms with Crippen molar-refractivity contribution in [2.75, 3.05) is 26.3 Å². The Labute approximate surface area is 265 Å². The number of benzene rings is 2. The fraction of sp³-hybridized carbons (Fsp3) is 0.441. The fourth-order valence-electron chi connectivity index (χ4n) is 6.59. The normalized spacial score (nSPS) is 23.6. The summed E-state index contributed by atoms with van der Waals surface area (Å²) in [4.78, 5) is 21.3. The molecule has 5 heterocycles. The highest BCUT2D eigenvalue weighted by molar-refractivity contribution is 7.20. The summed E-state index contributed by atoms with van der Waals surface area (Å²) in [5.41, 5.74) is 2.30. The van der Waals surface area contributed by atoms with Crippen molar-refractivity contribution in [2.45, 2.75) is 64.2 Å². The van der Waals surface area contributed by atoms with Gasteiger partial charge in [0, 0.05) is 19.1 Å². The zero-order chi connectivity index (χ0) is 31.1. The number of para-hydroxylation sites is 1. The summed E-state index contributed by atoms with van der Waals surface area (Å²) in [5.74, 6) is -0.323. The van der Waals surface area contributed by atoms with E-state index < -0.39 is 11.6 Å². The van der Waals surface area contributed by atoms with E-state index in [-0.39, 0.29) is 35.2 Å². The predicted molar refractivity (Wildman–Crippen MR) is 165 cm³/mol. The first-order chi connectivity index (χ1) is 21.8. The maximum atomic E-state index is 15.2. The number of nitrogens with zero attached hydrogens (tertiary/aromatic N) is 4. The van der Waals surface area contributed by atoms with Crippen molar-refractivity contribution >= 4 is 27.7 Å². The molecule has 7 rings (SSSR count). The van der Waals surface area contributed by atoms with Crippen molar-refractivity contribution in [3.8, 4) is 11.8 Å². The van der Waals surface area contributed by atoms with Gasteiger partial charge in [0.1, 0.15) is 32.6 Å². The number of piperidine rings is 1. The number of halogens is 1. The largest absolute Gasteiger partial charge is 0.462 e. The maximum Gasteiger partial charge on any atom is 0.348 e. The van der Waals surface area contributed by atoms with Gasteiger partial charge in [-0.15, -0.1) is 11.3 Å². The summed E-state index contributed by atoms with van der Waals surface area (Å²) < 4.78 is 41.4. The van der Waals surface area contributed by atoms with Crippen LogP contribution in [-0.2, 0) is 33.1 Å². The van der Waals surface area contributed by atoms with Crippen LogP contribution in [0.3, 0.4) is 0 Å². The van der Waals surface area contributed by atoms with Crippen LogP contribution in [0.15, 0.2) is 48.5 Å². The average molecular weight is 631 g/mol. The van der Waals surface area contributed by atoms with Gasteiger partial charge in [0.15, 0.2) is 0 Å². The van der Waals surface area contributed by atoms with Crippen LogP contribution >= 0.6 is 11.3 Å². The minimum atomic E-state index is -1.34. The number of carbonyl (C=O) groups excluding carboxylic acids is 1. The quantitative estimate of drug-likeness (QED) is 0.209. The Balaban J connectivity index is 1.09. The van der Waals surface area contributed by atoms with E-state index in [1.54, 1.807) is 26.0 Å². The minimum absolute atomic E-state index is 0.154. The number of rotatable bonds is 8. The number of hydrogen-bond acceptors (Lipinski definition) is 9. The lowest BCUT2D eigenvalue weighted by atomic mass is 9.85. The maximum absolute atomic E-state index is 15.2. The van der Waals surface area contributed by atoms with Gasteiger partial charge in [-0.2, -0.15) is 5.26 Å². The molecule has 0 spiro atoms. The van der Waals surface area contributed by atoms with Crippen molar-refractivity contribution < 1.29 is 28.1 Å². The summed E-state index contributed by atoms with van der Waals surface area (Å²) in [6.07, 6.45) is 2.67. The lowest BCUT2D eigenvalue weighted by molar-refractivity contribution is -0.243. The van der Waals surface area contributed by atoms with Crippen molar-refractivity contribution in [1.82, 2.24) is 14.5 Å². The highest BCUT2D eigenvalue weighted by Crippen LogP contribution is 2.49. The lowest BCUT2D eigenvalue weighted by Crippen LogP contribution is -2.43. The van der Waals surface area contributed by atoms with Crippen molar-refractivity contribution in [1.29, 1.82) is 5.26 Å². The molecule has 0 amide bonds. The van der Waals surface area contributed by atoms with Gasteiger partial charge in [-0.25, -0.2) is 14.2 Å². The zero-order valence-electron chi connectivity index (χ0n) is 25.3. The van der Waals surface area contributed by atoms with Gasteiger partial charge in [-0.05, 0) is 75.5 Å². The van der Waals surface area contributed by atoms with Crippen LogP contribution in [0.4, 0.5) is 4.39 Å². The van der Waals surface area contributed by atoms with Gasteiger partial charge in [-0.3, -0.25) is 4.90 Å². The summed E-state index contributed by atoms with van der Waals surface area (Å²) in [7, 11) is 0. The predicted octanol–water partition coefficient (Wildman–Crippen LogP) is 6.31. The SMILES string of the molecule is CCOC(=O)c1cc2nc(CN3CCC(C4O[C@](C)(c5ccc(C#N)cc5F)Oc5ccccc54)CC3)n(C[C@@H]3CCO3)c2s1. The number of likely N-dealkylation sites (tertiary alicyclic amines) is 1. The summed E-state index contributed by atoms with van der Waals surface area (Å²) >= 11 is 1.43. The number of fused-ring (bicyclic) bond motifs is 2. The molecular weight excluding hydrogens is 595 g/mol. The molecule has 2 saturated heterocycles. The van der Waals surface area contributed by atoms with E-state index in [1.807, 2.05) is 36.4 Å². The van der Waals surface area contributed by atoms with Crippen LogP contribution in [0.25, 0.3) is 10.3 Å². The van der Waals surface area contributed by atoms with E-state index in [0.717, 1.165) is 60.7 Å². The topological polar surface area (TPSA) is 98.8 Å². The number of carbonyl (C=O) groups is 1. The van der Waals surface area contributed by atoms with Crippen molar-refractivity contribution in [3.05, 3.63) is 81.7 Å². The average Bonchev–Trinajstić information content (AvgIpc) is 3.57. The van der Waals surface area contributed by atoms with Crippen molar-refractivity contribution in [3.63, 3.8) is 0 Å². The molecule has 2 fully saturated rings. The Morgan fingerprint density at radius 3 is 2.71 bits per heavy atom. The molecule has 0 saturated carbocycles. The number of thiophene rings is 1. The van der Waals surface area contributed by atoms with Crippen molar-refractivity contribution in [2.24, 2.45) is 5.92 Å². The Kier molecular flexibility index (Phi) is 8.08. The first-order valence-electron chi connectivity index (χ1n) is 15.5. The zero-order valence-corrected chi connectivity index (χ0v) is 26.1. The minimum Gasteiger partial charge on any atom is -0.462 e. The van der Waals surface area contributed by atoms with E-state index in [0.29, 0.717) is 30.3 Å². The number of nitriles is 1. The standard InChI is InChI=1S/C34H35FN4O5S/c1-3-41-33(40)29-17-27-32(45-29)39(19-23-12-15-42-23)30(37-27)20-38-13-10-22(11-14-38)31-24-6-4-5-7-28(24)43-34(2,44-31)25-9-8-21(18-36)16-26(25)35/h4-9,16-17,22-23,31H,3,10-15,19-20H2,1-2H3/t23-,31?,34+/m0/s1. The molecule has 3 aliphatic heterocycles. The third-order valence-corrected chi connectivity index (χ3v) is 10.2. The van der Waals surface area contributed by atoms with E-state index in [4.69, 9.17) is 23.9 Å². The van der Waals surface area contributed by atoms with Crippen LogP contribution in [0, 0.1) is 23.1 Å². The third-order valence-electron chi connectivity index (χ3n) is 9.05. The number of imidazole rings is 1. The molecule has 45 heavy (non-hydrogen) atoms. The fourth-order valence-corrected chi connectivity index (χ4v) is 7.61. The third kappa shape index (κ3) is 5.72. The summed E-state index contributed by atoms with van der Waals surface area (Å²) in [5, 5.41) is 9.22. The van der Waals surface area contributed by atoms with Gasteiger partial charge in [0.25, 0.3) is 0 Å². The van der Waals surface area contributed by atoms with Crippen LogP contribution in [0.5, 0.6) is 5.75 Å². The first-order valence-corrected chi connectivity index (χ1v) is 16.3. The molecule has 2 aromatic carbocycles. The van der Waals surface area contributed by atoms with Crippen LogP contribution in [-0.4, -0.2) is 52.8 Å². The van der Waals surface area contributed by atoms with Gasteiger partial charge < -0.3 is 23.5 Å². The Morgan fingerprint density at radius 1 is 1.20 bits per heavy atom. The molecule has 4 aromatic rings. The summed E-state index contributed by atoms with van der Waals surface area (Å²) in [6.45, 7) is 7.77. The number of hydrogen-bond donors (Lipinski definition) is 0. The number of ether oxygens (including phenoxy) is 4. The molecule has 0 N–H and O–H groups in total. The molecular formula is C34H35FN4O5S. The molecule has 11 heteroatoms. The first kappa shape index (κ1) is 29.9. The second-order valence-electron chi connectivity index (χ2n) is 12.0. The number of esters is 1. The van der Waals surface area contributed by atoms with E-state index in [2.05, 4.69) is 9.47 Å². The molecule has 3 aliphatic rings.